The molecule has 7 nitrogen and oxygen atoms in total. The number of para-hydroxylation sites is 2. The molecule has 17 aromatic rings. The normalized spacial score (nSPS) is 13.4. The summed E-state index contributed by atoms with van der Waals surface area (Å²) in [6.07, 6.45) is 3.98. The van der Waals surface area contributed by atoms with E-state index in [-0.39, 0.29) is 43.3 Å². The molecule has 0 fully saturated rings. The van der Waals surface area contributed by atoms with E-state index in [2.05, 4.69) is 395 Å². The van der Waals surface area contributed by atoms with Crippen LogP contribution >= 0.6 is 0 Å². The van der Waals surface area contributed by atoms with Crippen molar-refractivity contribution in [2.24, 2.45) is 0 Å². The molecule has 6 aromatic heterocycles. The average Bonchev–Trinajstić information content (AvgIpc) is 1.56. The SMILES string of the molecule is CC(C)(C)c1ccc2c(c1)c1cc(C(C)(C)C)ccc1n2-c1c(C#N)c(-n2c3ccc(C(C)(C)C)cc3c3cc(C(C)(C)C)ccc32)c(-n2c3ccc(C(C)(C)C)cc3c3cc(C(C)(C)C)ccc32)c(-c2ccccc2-n2c3ccccc3c3cnccc32)c1-n1c2ccc(C(C)(C)C)cc2c2cc(C(C)(C)C)ccc21. The number of hydrogen-bond acceptors (Lipinski definition) is 2. The van der Waals surface area contributed by atoms with E-state index in [9.17, 15) is 5.26 Å². The van der Waals surface area contributed by atoms with Crippen LogP contribution in [0.25, 0.3) is 149 Å². The number of fused-ring (bicyclic) bond motifs is 15. The highest BCUT2D eigenvalue weighted by atomic mass is 15.1. The molecule has 0 N–H and O–H groups in total. The Balaban J connectivity index is 1.26. The highest BCUT2D eigenvalue weighted by molar-refractivity contribution is 6.19. The Kier molecular flexibility index (Phi) is 16.1. The van der Waals surface area contributed by atoms with Gasteiger partial charge in [-0.15, -0.1) is 0 Å². The van der Waals surface area contributed by atoms with Gasteiger partial charge in [-0.1, -0.05) is 251 Å². The van der Waals surface area contributed by atoms with Crippen molar-refractivity contribution < 1.29 is 0 Å². The Bertz CT molecular complexity index is 6170. The smallest absolute Gasteiger partial charge is 0.104 e. The second kappa shape index (κ2) is 24.5. The summed E-state index contributed by atoms with van der Waals surface area (Å²) in [6.45, 7) is 55.8. The van der Waals surface area contributed by atoms with E-state index in [1.807, 2.05) is 12.4 Å². The van der Waals surface area contributed by atoms with Gasteiger partial charge in [-0.25, -0.2) is 0 Å². The molecule has 0 amide bonds. The van der Waals surface area contributed by atoms with Crippen LogP contribution in [0.5, 0.6) is 0 Å². The number of benzene rings is 11. The lowest BCUT2D eigenvalue weighted by molar-refractivity contribution is 0.590. The Morgan fingerprint density at radius 3 is 0.766 bits per heavy atom. The molecule has 0 aliphatic rings. The zero-order chi connectivity index (χ0) is 78.8. The van der Waals surface area contributed by atoms with Crippen LogP contribution in [0.3, 0.4) is 0 Å². The van der Waals surface area contributed by atoms with Crippen molar-refractivity contribution >= 4 is 109 Å². The van der Waals surface area contributed by atoms with Crippen molar-refractivity contribution in [3.8, 4) is 45.6 Å². The van der Waals surface area contributed by atoms with Crippen molar-refractivity contribution in [1.82, 2.24) is 27.8 Å². The first-order chi connectivity index (χ1) is 52.1. The summed E-state index contributed by atoms with van der Waals surface area (Å²) in [4.78, 5) is 4.86. The summed E-state index contributed by atoms with van der Waals surface area (Å²) < 4.78 is 12.8. The van der Waals surface area contributed by atoms with Gasteiger partial charge >= 0.3 is 0 Å². The second-order valence-electron chi connectivity index (χ2n) is 40.2. The van der Waals surface area contributed by atoms with E-state index in [4.69, 9.17) is 4.98 Å². The fourth-order valence-electron chi connectivity index (χ4n) is 17.7. The van der Waals surface area contributed by atoms with Crippen LogP contribution in [0.4, 0.5) is 0 Å². The molecule has 0 atom stereocenters. The molecule has 558 valence electrons. The van der Waals surface area contributed by atoms with Crippen molar-refractivity contribution in [2.45, 2.75) is 209 Å². The fraction of sp³-hybridized carbons (Fsp3) is 0.308. The first-order valence-electron chi connectivity index (χ1n) is 40.1. The van der Waals surface area contributed by atoms with Crippen LogP contribution < -0.4 is 0 Å². The molecule has 0 aliphatic heterocycles. The molecule has 17 rings (SSSR count). The molecule has 0 aliphatic carbocycles. The minimum atomic E-state index is -0.194. The van der Waals surface area contributed by atoms with E-state index in [0.29, 0.717) is 5.56 Å². The third kappa shape index (κ3) is 11.6. The lowest BCUT2D eigenvalue weighted by atomic mass is 9.85. The lowest BCUT2D eigenvalue weighted by Gasteiger charge is -2.30. The van der Waals surface area contributed by atoms with Crippen LogP contribution in [-0.2, 0) is 43.3 Å². The third-order valence-electron chi connectivity index (χ3n) is 24.3. The van der Waals surface area contributed by atoms with Crippen molar-refractivity contribution in [3.63, 3.8) is 0 Å². The van der Waals surface area contributed by atoms with Crippen LogP contribution in [0.1, 0.15) is 216 Å². The maximum atomic E-state index is 14.1. The first-order valence-corrected chi connectivity index (χ1v) is 40.1. The molecule has 0 bridgehead atoms. The van der Waals surface area contributed by atoms with Gasteiger partial charge in [0.15, 0.2) is 0 Å². The molecule has 7 heteroatoms. The molecule has 0 saturated heterocycles. The number of rotatable bonds is 6. The van der Waals surface area contributed by atoms with Gasteiger partial charge in [-0.05, 0) is 203 Å². The predicted octanol–water partition coefficient (Wildman–Crippen LogP) is 28.5. The van der Waals surface area contributed by atoms with Crippen LogP contribution in [0.15, 0.2) is 213 Å². The van der Waals surface area contributed by atoms with Gasteiger partial charge < -0.3 is 22.8 Å². The summed E-state index contributed by atoms with van der Waals surface area (Å²) in [5.41, 5.74) is 25.4. The minimum Gasteiger partial charge on any atom is -0.309 e. The number of pyridine rings is 1. The number of aromatic nitrogens is 6. The van der Waals surface area contributed by atoms with Gasteiger partial charge in [0.05, 0.1) is 83.6 Å². The van der Waals surface area contributed by atoms with E-state index in [0.717, 1.165) is 149 Å². The summed E-state index contributed by atoms with van der Waals surface area (Å²) in [6, 6.07) is 81.3. The summed E-state index contributed by atoms with van der Waals surface area (Å²) >= 11 is 0. The maximum Gasteiger partial charge on any atom is 0.104 e. The van der Waals surface area contributed by atoms with Crippen molar-refractivity contribution in [1.29, 1.82) is 5.26 Å². The highest BCUT2D eigenvalue weighted by Crippen LogP contribution is 2.55. The standard InChI is InChI=1S/C104H107N7/c1-97(2,3)61-33-41-83-71(51-61)72-52-62(98(4,5)6)34-42-84(72)108(83)93-79(59-105)94(109-85-43-35-63(99(7,8)9)53-73(85)74-54-64(100(10,11)12)36-44-86(74)109)96(111-89-47-39-67(103(19,20)21)57-77(89)78-58-68(104(22,23)24)40-48-90(78)111)92(70-30-26-28-32-82(70)107-81-31-27-25-29-69(81)80-60-106-50-49-91(80)107)95(93)110-87-45-37-65(101(13,14)15)55-75(87)76-56-66(102(16,17)18)38-46-88(76)110/h25-58,60H,1-24H3. The van der Waals surface area contributed by atoms with Gasteiger partial charge in [0.1, 0.15) is 11.6 Å². The van der Waals surface area contributed by atoms with Crippen LogP contribution in [-0.4, -0.2) is 27.8 Å². The largest absolute Gasteiger partial charge is 0.309 e. The quantitative estimate of drug-likeness (QED) is 0.167. The molecular weight excluding hydrogens is 1350 g/mol. The average molecular weight is 1460 g/mol. The Morgan fingerprint density at radius 2 is 0.486 bits per heavy atom. The van der Waals surface area contributed by atoms with Crippen LogP contribution in [0.2, 0.25) is 0 Å². The lowest BCUT2D eigenvalue weighted by Crippen LogP contribution is -2.17. The second-order valence-corrected chi connectivity index (χ2v) is 40.2. The predicted molar refractivity (Wildman–Crippen MR) is 476 cm³/mol. The molecule has 11 aromatic carbocycles. The maximum absolute atomic E-state index is 14.1. The molecule has 0 saturated carbocycles. The minimum absolute atomic E-state index is 0.192. The Hall–Kier alpha value is -10.9. The van der Waals surface area contributed by atoms with E-state index >= 15 is 0 Å². The van der Waals surface area contributed by atoms with E-state index < -0.39 is 0 Å². The first kappa shape index (κ1) is 72.9. The topological polar surface area (TPSA) is 61.3 Å². The zero-order valence-electron chi connectivity index (χ0n) is 69.8. The van der Waals surface area contributed by atoms with E-state index in [1.165, 1.54) is 44.5 Å². The van der Waals surface area contributed by atoms with Gasteiger partial charge in [0.2, 0.25) is 0 Å². The summed E-state index contributed by atoms with van der Waals surface area (Å²) in [5, 5.41) is 25.4. The molecular formula is C104H107N7. The fourth-order valence-corrected chi connectivity index (χ4v) is 17.7. The summed E-state index contributed by atoms with van der Waals surface area (Å²) in [7, 11) is 0. The van der Waals surface area contributed by atoms with Gasteiger partial charge in [0.25, 0.3) is 0 Å². The van der Waals surface area contributed by atoms with Crippen LogP contribution in [0, 0.1) is 11.3 Å². The molecule has 6 heterocycles. The van der Waals surface area contributed by atoms with Gasteiger partial charge in [-0.3, -0.25) is 4.98 Å². The summed E-state index contributed by atoms with van der Waals surface area (Å²) in [5.74, 6) is 0. The van der Waals surface area contributed by atoms with E-state index in [1.54, 1.807) is 0 Å². The molecule has 0 unspecified atom stereocenters. The number of nitrogens with zero attached hydrogens (tertiary/aromatic N) is 7. The highest BCUT2D eigenvalue weighted by Gasteiger charge is 2.39. The van der Waals surface area contributed by atoms with Crippen molar-refractivity contribution in [2.75, 3.05) is 0 Å². The van der Waals surface area contributed by atoms with Gasteiger partial charge in [0, 0.05) is 77.4 Å². The molecule has 0 radical (unpaired) electrons. The van der Waals surface area contributed by atoms with Gasteiger partial charge in [-0.2, -0.15) is 5.26 Å². The molecule has 0 spiro atoms. The Morgan fingerprint density at radius 1 is 0.243 bits per heavy atom. The Labute approximate surface area is 655 Å². The third-order valence-corrected chi connectivity index (χ3v) is 24.3. The molecule has 111 heavy (non-hydrogen) atoms. The van der Waals surface area contributed by atoms with Crippen molar-refractivity contribution in [3.05, 3.63) is 263 Å². The number of hydrogen-bond donors (Lipinski definition) is 0. The monoisotopic (exact) mass is 1450 g/mol. The zero-order valence-corrected chi connectivity index (χ0v) is 69.8. The number of nitriles is 1.